The summed E-state index contributed by atoms with van der Waals surface area (Å²) >= 11 is 1.58. The second-order valence-electron chi connectivity index (χ2n) is 4.76. The van der Waals surface area contributed by atoms with Crippen LogP contribution in [0.25, 0.3) is 0 Å². The highest BCUT2D eigenvalue weighted by Gasteiger charge is 2.31. The van der Waals surface area contributed by atoms with Crippen LogP contribution in [-0.4, -0.2) is 33.1 Å². The minimum Gasteiger partial charge on any atom is -0.389 e. The molecular weight excluding hydrogens is 208 g/mol. The number of hydrogen-bond acceptors (Lipinski definition) is 4. The quantitative estimate of drug-likeness (QED) is 0.834. The Balaban J connectivity index is 2.05. The summed E-state index contributed by atoms with van der Waals surface area (Å²) in [4.78, 5) is 3.61. The highest BCUT2D eigenvalue weighted by atomic mass is 32.1. The summed E-state index contributed by atoms with van der Waals surface area (Å²) < 4.78 is 4.35. The molecule has 1 aliphatic rings. The second-order valence-corrected chi connectivity index (χ2v) is 5.74. The van der Waals surface area contributed by atoms with E-state index in [4.69, 9.17) is 0 Å². The molecule has 1 fully saturated rings. The van der Waals surface area contributed by atoms with E-state index < -0.39 is 5.60 Å². The van der Waals surface area contributed by atoms with Gasteiger partial charge >= 0.3 is 0 Å². The number of aryl methyl sites for hydroxylation is 2. The van der Waals surface area contributed by atoms with Crippen molar-refractivity contribution in [3.05, 3.63) is 16.1 Å². The van der Waals surface area contributed by atoms with Crippen LogP contribution in [-0.2, 0) is 6.54 Å². The largest absolute Gasteiger partial charge is 0.389 e. The van der Waals surface area contributed by atoms with Crippen LogP contribution in [0.5, 0.6) is 0 Å². The second kappa shape index (κ2) is 3.85. The Labute approximate surface area is 94.9 Å². The number of aromatic nitrogens is 1. The molecule has 0 radical (unpaired) electrons. The fourth-order valence-electron chi connectivity index (χ4n) is 2.12. The Morgan fingerprint density at radius 1 is 1.53 bits per heavy atom. The molecule has 1 atom stereocenters. The maximum absolute atomic E-state index is 9.88. The molecule has 0 saturated carbocycles. The lowest BCUT2D eigenvalue weighted by Crippen LogP contribution is -2.29. The van der Waals surface area contributed by atoms with Crippen molar-refractivity contribution in [2.24, 2.45) is 0 Å². The van der Waals surface area contributed by atoms with Gasteiger partial charge in [0.1, 0.15) is 0 Å². The van der Waals surface area contributed by atoms with E-state index in [1.54, 1.807) is 11.5 Å². The van der Waals surface area contributed by atoms with E-state index in [0.717, 1.165) is 31.7 Å². The van der Waals surface area contributed by atoms with E-state index in [-0.39, 0.29) is 0 Å². The molecule has 3 nitrogen and oxygen atoms in total. The van der Waals surface area contributed by atoms with Gasteiger partial charge in [-0.05, 0) is 38.7 Å². The zero-order chi connectivity index (χ0) is 11.1. The van der Waals surface area contributed by atoms with Crippen LogP contribution in [0.1, 0.15) is 29.5 Å². The number of aliphatic hydroxyl groups is 1. The van der Waals surface area contributed by atoms with Crippen molar-refractivity contribution in [1.29, 1.82) is 0 Å². The summed E-state index contributed by atoms with van der Waals surface area (Å²) in [5.74, 6) is 0. The van der Waals surface area contributed by atoms with Crippen LogP contribution in [0, 0.1) is 13.8 Å². The lowest BCUT2D eigenvalue weighted by atomic mass is 10.1. The summed E-state index contributed by atoms with van der Waals surface area (Å²) in [7, 11) is 0. The molecule has 0 aliphatic carbocycles. The van der Waals surface area contributed by atoms with Gasteiger partial charge < -0.3 is 5.11 Å². The summed E-state index contributed by atoms with van der Waals surface area (Å²) in [6, 6.07) is 0. The molecule has 1 aliphatic heterocycles. The zero-order valence-electron chi connectivity index (χ0n) is 9.58. The third kappa shape index (κ3) is 2.38. The number of rotatable bonds is 2. The van der Waals surface area contributed by atoms with Gasteiger partial charge in [0.15, 0.2) is 0 Å². The molecule has 0 bridgehead atoms. The number of nitrogens with zero attached hydrogens (tertiary/aromatic N) is 2. The van der Waals surface area contributed by atoms with E-state index in [1.165, 1.54) is 10.4 Å². The molecule has 15 heavy (non-hydrogen) atoms. The van der Waals surface area contributed by atoms with Crippen molar-refractivity contribution in [2.75, 3.05) is 13.1 Å². The van der Waals surface area contributed by atoms with Crippen molar-refractivity contribution >= 4 is 11.5 Å². The smallest absolute Gasteiger partial charge is 0.0758 e. The SMILES string of the molecule is Cc1nsc(C)c1CN1CCC(C)(O)C1. The Kier molecular flexibility index (Phi) is 2.83. The third-order valence-electron chi connectivity index (χ3n) is 3.09. The zero-order valence-corrected chi connectivity index (χ0v) is 10.4. The van der Waals surface area contributed by atoms with E-state index in [1.807, 2.05) is 6.92 Å². The average Bonchev–Trinajstić information content (AvgIpc) is 2.63. The van der Waals surface area contributed by atoms with Gasteiger partial charge in [-0.3, -0.25) is 4.90 Å². The van der Waals surface area contributed by atoms with Crippen LogP contribution < -0.4 is 0 Å². The molecule has 1 aromatic heterocycles. The molecule has 0 spiro atoms. The molecule has 2 rings (SSSR count). The van der Waals surface area contributed by atoms with Gasteiger partial charge in [0.2, 0.25) is 0 Å². The Hall–Kier alpha value is -0.450. The molecule has 1 aromatic rings. The molecule has 2 heterocycles. The van der Waals surface area contributed by atoms with Gasteiger partial charge in [0.25, 0.3) is 0 Å². The van der Waals surface area contributed by atoms with Crippen LogP contribution in [0.4, 0.5) is 0 Å². The summed E-state index contributed by atoms with van der Waals surface area (Å²) in [6.45, 7) is 8.80. The Bertz CT molecular complexity index is 340. The van der Waals surface area contributed by atoms with Crippen molar-refractivity contribution in [2.45, 2.75) is 39.3 Å². The Morgan fingerprint density at radius 2 is 2.27 bits per heavy atom. The van der Waals surface area contributed by atoms with Crippen LogP contribution in [0.15, 0.2) is 0 Å². The molecular formula is C11H18N2OS. The van der Waals surface area contributed by atoms with Crippen molar-refractivity contribution in [1.82, 2.24) is 9.27 Å². The molecule has 84 valence electrons. The van der Waals surface area contributed by atoms with Gasteiger partial charge in [-0.2, -0.15) is 4.37 Å². The molecule has 0 amide bonds. The minimum absolute atomic E-state index is 0.495. The minimum atomic E-state index is -0.495. The lowest BCUT2D eigenvalue weighted by molar-refractivity contribution is 0.0678. The molecule has 1 saturated heterocycles. The van der Waals surface area contributed by atoms with E-state index in [9.17, 15) is 5.11 Å². The molecule has 0 aromatic carbocycles. The number of β-amino-alcohol motifs (C(OH)–C–C–N with tert-alkyl or cyclic N) is 1. The van der Waals surface area contributed by atoms with Gasteiger partial charge in [-0.15, -0.1) is 0 Å². The van der Waals surface area contributed by atoms with Crippen LogP contribution in [0.3, 0.4) is 0 Å². The van der Waals surface area contributed by atoms with E-state index in [2.05, 4.69) is 23.1 Å². The molecule has 1 N–H and O–H groups in total. The normalized spacial score (nSPS) is 27.5. The molecule has 4 heteroatoms. The highest BCUT2D eigenvalue weighted by molar-refractivity contribution is 7.05. The standard InChI is InChI=1S/C11H18N2OS/c1-8-10(9(2)15-12-8)6-13-5-4-11(3,14)7-13/h14H,4-7H2,1-3H3. The fraction of sp³-hybridized carbons (Fsp3) is 0.727. The van der Waals surface area contributed by atoms with Gasteiger partial charge in [0, 0.05) is 30.1 Å². The third-order valence-corrected chi connectivity index (χ3v) is 3.98. The van der Waals surface area contributed by atoms with Crippen molar-refractivity contribution in [3.63, 3.8) is 0 Å². The van der Waals surface area contributed by atoms with E-state index >= 15 is 0 Å². The predicted octanol–water partition coefficient (Wildman–Crippen LogP) is 1.72. The first-order valence-electron chi connectivity index (χ1n) is 5.34. The maximum atomic E-state index is 9.88. The summed E-state index contributed by atoms with van der Waals surface area (Å²) in [5.41, 5.74) is 1.99. The first-order chi connectivity index (χ1) is 6.98. The monoisotopic (exact) mass is 226 g/mol. The highest BCUT2D eigenvalue weighted by Crippen LogP contribution is 2.25. The van der Waals surface area contributed by atoms with Crippen molar-refractivity contribution < 1.29 is 5.11 Å². The van der Waals surface area contributed by atoms with Crippen LogP contribution in [0.2, 0.25) is 0 Å². The maximum Gasteiger partial charge on any atom is 0.0758 e. The Morgan fingerprint density at radius 3 is 2.73 bits per heavy atom. The fourth-order valence-corrected chi connectivity index (χ4v) is 2.83. The van der Waals surface area contributed by atoms with Crippen molar-refractivity contribution in [3.8, 4) is 0 Å². The number of likely N-dealkylation sites (tertiary alicyclic amines) is 1. The molecule has 1 unspecified atom stereocenters. The summed E-state index contributed by atoms with van der Waals surface area (Å²) in [5, 5.41) is 9.88. The van der Waals surface area contributed by atoms with E-state index in [0.29, 0.717) is 0 Å². The number of hydrogen-bond donors (Lipinski definition) is 1. The van der Waals surface area contributed by atoms with Gasteiger partial charge in [0.05, 0.1) is 11.3 Å². The lowest BCUT2D eigenvalue weighted by Gasteiger charge is -2.18. The predicted molar refractivity (Wildman–Crippen MR) is 62.1 cm³/mol. The van der Waals surface area contributed by atoms with Gasteiger partial charge in [-0.25, -0.2) is 0 Å². The van der Waals surface area contributed by atoms with Gasteiger partial charge in [-0.1, -0.05) is 0 Å². The first kappa shape index (κ1) is 11.0. The summed E-state index contributed by atoms with van der Waals surface area (Å²) in [6.07, 6.45) is 0.878. The average molecular weight is 226 g/mol. The van der Waals surface area contributed by atoms with Crippen LogP contribution >= 0.6 is 11.5 Å². The first-order valence-corrected chi connectivity index (χ1v) is 6.12. The topological polar surface area (TPSA) is 36.4 Å².